The van der Waals surface area contributed by atoms with Gasteiger partial charge in [-0.15, -0.1) is 4.99 Å². The van der Waals surface area contributed by atoms with Gasteiger partial charge in [-0.1, -0.05) is 19.1 Å². The third-order valence-electron chi connectivity index (χ3n) is 4.07. The molecule has 1 aromatic rings. The van der Waals surface area contributed by atoms with Gasteiger partial charge in [-0.2, -0.15) is 9.48 Å². The third-order valence-corrected chi connectivity index (χ3v) is 4.07. The van der Waals surface area contributed by atoms with Gasteiger partial charge in [-0.05, 0) is 24.1 Å². The zero-order valence-corrected chi connectivity index (χ0v) is 14.1. The molecule has 0 N–H and O–H groups in total. The van der Waals surface area contributed by atoms with E-state index in [1.54, 1.807) is 25.3 Å². The average Bonchev–Trinajstić information content (AvgIpc) is 2.61. The van der Waals surface area contributed by atoms with Gasteiger partial charge in [0.15, 0.2) is 5.92 Å². The maximum absolute atomic E-state index is 13.4. The molecule has 1 unspecified atom stereocenters. The first-order chi connectivity index (χ1) is 12.0. The van der Waals surface area contributed by atoms with E-state index in [2.05, 4.69) is 4.99 Å². The smallest absolute Gasteiger partial charge is 0.445 e. The monoisotopic (exact) mass is 344 g/mol. The average molecular weight is 344 g/mol. The highest BCUT2D eigenvalue weighted by Crippen LogP contribution is 2.26. The minimum Gasteiger partial charge on any atom is -0.496 e. The summed E-state index contributed by atoms with van der Waals surface area (Å²) in [6.45, 7) is 2.43. The number of hydrogen-bond donors (Lipinski definition) is 0. The Bertz CT molecular complexity index is 814. The second-order valence-electron chi connectivity index (χ2n) is 5.88. The molecule has 0 bridgehead atoms. The fourth-order valence-electron chi connectivity index (χ4n) is 2.84. The number of rotatable bonds is 5. The van der Waals surface area contributed by atoms with Crippen LogP contribution >= 0.6 is 0 Å². The number of carbonyl (C=O) groups is 2. The SMILES string of the molecule is CCCOC1=CC=NC2=[N+](C)C(=O)N(Cc3cccc(F)c3)C(=O)C12. The standard InChI is InChI=1S/C18H19FN3O3/c1-3-9-25-14-7-8-20-16-15(14)17(23)22(18(24)21(16)2)11-12-5-4-6-13(19)10-12/h4-8,10,15H,3,9,11H2,1-2H3/q+1. The lowest BCUT2D eigenvalue weighted by Gasteiger charge is -2.28. The lowest BCUT2D eigenvalue weighted by atomic mass is 9.99. The second kappa shape index (κ2) is 6.96. The summed E-state index contributed by atoms with van der Waals surface area (Å²) in [5.74, 6) is -0.766. The number of ether oxygens (including phenoxy) is 1. The van der Waals surface area contributed by atoms with Crippen molar-refractivity contribution in [1.29, 1.82) is 0 Å². The first-order valence-corrected chi connectivity index (χ1v) is 8.10. The van der Waals surface area contributed by atoms with Crippen molar-refractivity contribution in [2.75, 3.05) is 13.7 Å². The van der Waals surface area contributed by atoms with Gasteiger partial charge >= 0.3 is 11.9 Å². The molecule has 0 aliphatic carbocycles. The molecular formula is C18H19FN3O3+. The summed E-state index contributed by atoms with van der Waals surface area (Å²) in [5, 5.41) is 0. The zero-order chi connectivity index (χ0) is 18.0. The van der Waals surface area contributed by atoms with Crippen LogP contribution in [0, 0.1) is 11.7 Å². The Hall–Kier alpha value is -2.83. The van der Waals surface area contributed by atoms with Gasteiger partial charge in [-0.25, -0.2) is 9.18 Å². The number of fused-ring (bicyclic) bond motifs is 1. The van der Waals surface area contributed by atoms with Crippen LogP contribution in [0.5, 0.6) is 0 Å². The van der Waals surface area contributed by atoms with Crippen molar-refractivity contribution in [3.8, 4) is 0 Å². The first kappa shape index (κ1) is 17.0. The largest absolute Gasteiger partial charge is 0.496 e. The van der Waals surface area contributed by atoms with Gasteiger partial charge in [0.1, 0.15) is 24.3 Å². The van der Waals surface area contributed by atoms with E-state index in [-0.39, 0.29) is 6.54 Å². The summed E-state index contributed by atoms with van der Waals surface area (Å²) < 4.78 is 20.4. The van der Waals surface area contributed by atoms with Crippen LogP contribution in [0.3, 0.4) is 0 Å². The molecule has 1 atom stereocenters. The predicted molar refractivity (Wildman–Crippen MR) is 89.8 cm³/mol. The topological polar surface area (TPSA) is 62.0 Å². The molecule has 7 heteroatoms. The maximum Gasteiger partial charge on any atom is 0.445 e. The maximum atomic E-state index is 13.4. The molecule has 3 amide bonds. The van der Waals surface area contributed by atoms with Gasteiger partial charge in [0.2, 0.25) is 0 Å². The fraction of sp³-hybridized carbons (Fsp3) is 0.333. The highest BCUT2D eigenvalue weighted by atomic mass is 19.1. The molecule has 1 aromatic carbocycles. The fourth-order valence-corrected chi connectivity index (χ4v) is 2.84. The Kier molecular flexibility index (Phi) is 4.74. The number of aliphatic imine (C=N–C) groups is 1. The number of benzene rings is 1. The molecular weight excluding hydrogens is 325 g/mol. The Morgan fingerprint density at radius 2 is 2.16 bits per heavy atom. The molecule has 0 aromatic heterocycles. The molecule has 0 saturated carbocycles. The van der Waals surface area contributed by atoms with E-state index in [9.17, 15) is 14.0 Å². The van der Waals surface area contributed by atoms with Crippen LogP contribution in [0.2, 0.25) is 0 Å². The van der Waals surface area contributed by atoms with E-state index in [0.29, 0.717) is 23.8 Å². The molecule has 2 aliphatic rings. The summed E-state index contributed by atoms with van der Waals surface area (Å²) in [6, 6.07) is 5.35. The van der Waals surface area contributed by atoms with Crippen molar-refractivity contribution in [3.05, 3.63) is 47.5 Å². The lowest BCUT2D eigenvalue weighted by Crippen LogP contribution is -2.54. The molecule has 0 saturated heterocycles. The highest BCUT2D eigenvalue weighted by molar-refractivity contribution is 6.15. The Labute approximate surface area is 144 Å². The Morgan fingerprint density at radius 1 is 1.36 bits per heavy atom. The second-order valence-corrected chi connectivity index (χ2v) is 5.88. The van der Waals surface area contributed by atoms with Gasteiger partial charge < -0.3 is 4.74 Å². The minimum atomic E-state index is -0.757. The van der Waals surface area contributed by atoms with E-state index in [4.69, 9.17) is 4.74 Å². The van der Waals surface area contributed by atoms with Crippen LogP contribution in [0.1, 0.15) is 18.9 Å². The van der Waals surface area contributed by atoms with Crippen LogP contribution < -0.4 is 0 Å². The van der Waals surface area contributed by atoms with E-state index >= 15 is 0 Å². The third kappa shape index (κ3) is 3.22. The van der Waals surface area contributed by atoms with Gasteiger partial charge in [0.05, 0.1) is 13.7 Å². The van der Waals surface area contributed by atoms with Crippen LogP contribution in [-0.4, -0.2) is 47.1 Å². The summed E-state index contributed by atoms with van der Waals surface area (Å²) in [7, 11) is 1.57. The number of urea groups is 1. The van der Waals surface area contributed by atoms with E-state index in [0.717, 1.165) is 11.3 Å². The van der Waals surface area contributed by atoms with Crippen molar-refractivity contribution >= 4 is 24.0 Å². The number of imide groups is 1. The molecule has 6 nitrogen and oxygen atoms in total. The van der Waals surface area contributed by atoms with E-state index < -0.39 is 23.7 Å². The predicted octanol–water partition coefficient (Wildman–Crippen LogP) is 2.34. The summed E-state index contributed by atoms with van der Waals surface area (Å²) in [6.07, 6.45) is 3.97. The molecule has 0 radical (unpaired) electrons. The van der Waals surface area contributed by atoms with Gasteiger partial charge in [0, 0.05) is 6.08 Å². The van der Waals surface area contributed by atoms with Gasteiger partial charge in [0.25, 0.3) is 5.84 Å². The lowest BCUT2D eigenvalue weighted by molar-refractivity contribution is -0.409. The van der Waals surface area contributed by atoms with Crippen molar-refractivity contribution in [2.45, 2.75) is 19.9 Å². The molecule has 2 heterocycles. The van der Waals surface area contributed by atoms with Crippen LogP contribution in [0.15, 0.2) is 41.1 Å². The summed E-state index contributed by atoms with van der Waals surface area (Å²) in [4.78, 5) is 30.8. The van der Waals surface area contributed by atoms with Gasteiger partial charge in [-0.3, -0.25) is 4.79 Å². The van der Waals surface area contributed by atoms with Crippen molar-refractivity contribution in [2.24, 2.45) is 10.9 Å². The van der Waals surface area contributed by atoms with Crippen LogP contribution in [0.4, 0.5) is 9.18 Å². The number of halogens is 1. The molecule has 130 valence electrons. The first-order valence-electron chi connectivity index (χ1n) is 8.10. The molecule has 25 heavy (non-hydrogen) atoms. The zero-order valence-electron chi connectivity index (χ0n) is 14.1. The van der Waals surface area contributed by atoms with Crippen molar-refractivity contribution in [1.82, 2.24) is 4.90 Å². The number of dihydropyridines is 1. The highest BCUT2D eigenvalue weighted by Gasteiger charge is 2.49. The van der Waals surface area contributed by atoms with Crippen molar-refractivity contribution in [3.63, 3.8) is 0 Å². The molecule has 3 rings (SSSR count). The summed E-state index contributed by atoms with van der Waals surface area (Å²) in [5.41, 5.74) is 0.540. The molecule has 0 fully saturated rings. The Morgan fingerprint density at radius 3 is 2.88 bits per heavy atom. The number of allylic oxidation sites excluding steroid dienone is 1. The number of nitrogens with zero attached hydrogens (tertiary/aromatic N) is 3. The van der Waals surface area contributed by atoms with E-state index in [1.165, 1.54) is 22.9 Å². The Balaban J connectivity index is 1.94. The van der Waals surface area contributed by atoms with Crippen LogP contribution in [0.25, 0.3) is 0 Å². The summed E-state index contributed by atoms with van der Waals surface area (Å²) >= 11 is 0. The van der Waals surface area contributed by atoms with E-state index in [1.807, 2.05) is 6.92 Å². The number of amidine groups is 1. The number of carbonyl (C=O) groups excluding carboxylic acids is 2. The minimum absolute atomic E-state index is 0.00564. The number of hydrogen-bond acceptors (Lipinski definition) is 4. The normalized spacial score (nSPS) is 19.9. The van der Waals surface area contributed by atoms with Crippen LogP contribution in [-0.2, 0) is 16.1 Å². The molecule has 2 aliphatic heterocycles. The quantitative estimate of drug-likeness (QED) is 0.770. The number of amides is 3. The molecule has 0 spiro atoms. The van der Waals surface area contributed by atoms with Crippen molar-refractivity contribution < 1.29 is 23.3 Å².